The van der Waals surface area contributed by atoms with Crippen molar-refractivity contribution in [2.45, 2.75) is 6.92 Å². The first-order chi connectivity index (χ1) is 9.10. The number of hydrogen-bond donors (Lipinski definition) is 2. The molecule has 0 aliphatic carbocycles. The van der Waals surface area contributed by atoms with Gasteiger partial charge in [-0.15, -0.1) is 0 Å². The third-order valence-corrected chi connectivity index (χ3v) is 2.63. The number of rotatable bonds is 3. The molecule has 98 valence electrons. The lowest BCUT2D eigenvalue weighted by molar-refractivity contribution is 0.102. The van der Waals surface area contributed by atoms with Gasteiger partial charge in [-0.25, -0.2) is 4.98 Å². The SMILES string of the molecule is COc1ccc(N)c(NC(=O)c2cccc(C)n2)c1. The molecule has 0 saturated carbocycles. The highest BCUT2D eigenvalue weighted by atomic mass is 16.5. The van der Waals surface area contributed by atoms with Gasteiger partial charge in [0, 0.05) is 11.8 Å². The first-order valence-electron chi connectivity index (χ1n) is 5.78. The maximum atomic E-state index is 12.0. The highest BCUT2D eigenvalue weighted by molar-refractivity contribution is 6.04. The Labute approximate surface area is 111 Å². The summed E-state index contributed by atoms with van der Waals surface area (Å²) >= 11 is 0. The lowest BCUT2D eigenvalue weighted by atomic mass is 10.2. The number of methoxy groups -OCH3 is 1. The Kier molecular flexibility index (Phi) is 3.66. The second kappa shape index (κ2) is 5.39. The number of nitrogens with two attached hydrogens (primary N) is 1. The molecule has 1 aromatic heterocycles. The van der Waals surface area contributed by atoms with Crippen LogP contribution in [0.3, 0.4) is 0 Å². The zero-order valence-electron chi connectivity index (χ0n) is 10.8. The Balaban J connectivity index is 2.23. The predicted molar refractivity (Wildman–Crippen MR) is 74.3 cm³/mol. The minimum Gasteiger partial charge on any atom is -0.497 e. The van der Waals surface area contributed by atoms with Gasteiger partial charge in [0.1, 0.15) is 11.4 Å². The number of carbonyl (C=O) groups excluding carboxylic acids is 1. The van der Waals surface area contributed by atoms with E-state index in [-0.39, 0.29) is 5.91 Å². The van der Waals surface area contributed by atoms with Gasteiger partial charge < -0.3 is 15.8 Å². The highest BCUT2D eigenvalue weighted by Gasteiger charge is 2.10. The minimum absolute atomic E-state index is 0.302. The number of carbonyl (C=O) groups is 1. The van der Waals surface area contributed by atoms with Crippen molar-refractivity contribution in [3.8, 4) is 5.75 Å². The molecule has 5 nitrogen and oxygen atoms in total. The minimum atomic E-state index is -0.302. The van der Waals surface area contributed by atoms with Crippen molar-refractivity contribution in [1.29, 1.82) is 0 Å². The predicted octanol–water partition coefficient (Wildman–Crippen LogP) is 2.23. The van der Waals surface area contributed by atoms with E-state index >= 15 is 0 Å². The topological polar surface area (TPSA) is 77.2 Å². The molecule has 0 unspecified atom stereocenters. The van der Waals surface area contributed by atoms with Crippen molar-refractivity contribution in [1.82, 2.24) is 4.98 Å². The Hall–Kier alpha value is -2.56. The van der Waals surface area contributed by atoms with Crippen LogP contribution in [0.5, 0.6) is 5.75 Å². The number of nitrogens with zero attached hydrogens (tertiary/aromatic N) is 1. The van der Waals surface area contributed by atoms with Crippen LogP contribution >= 0.6 is 0 Å². The van der Waals surface area contributed by atoms with Crippen LogP contribution in [0.15, 0.2) is 36.4 Å². The van der Waals surface area contributed by atoms with E-state index in [1.54, 1.807) is 37.4 Å². The van der Waals surface area contributed by atoms with Crippen LogP contribution in [0.4, 0.5) is 11.4 Å². The largest absolute Gasteiger partial charge is 0.497 e. The van der Waals surface area contributed by atoms with Crippen LogP contribution in [-0.2, 0) is 0 Å². The van der Waals surface area contributed by atoms with E-state index in [0.29, 0.717) is 22.8 Å². The van der Waals surface area contributed by atoms with Crippen molar-refractivity contribution in [3.63, 3.8) is 0 Å². The number of benzene rings is 1. The monoisotopic (exact) mass is 257 g/mol. The Morgan fingerprint density at radius 2 is 2.11 bits per heavy atom. The molecule has 1 aromatic carbocycles. The van der Waals surface area contributed by atoms with Crippen LogP contribution in [0.2, 0.25) is 0 Å². The molecule has 0 bridgehead atoms. The number of aryl methyl sites for hydroxylation is 1. The highest BCUT2D eigenvalue weighted by Crippen LogP contribution is 2.24. The van der Waals surface area contributed by atoms with Crippen LogP contribution in [0.1, 0.15) is 16.2 Å². The molecule has 0 radical (unpaired) electrons. The average Bonchev–Trinajstić information content (AvgIpc) is 2.41. The summed E-state index contributed by atoms with van der Waals surface area (Å²) in [7, 11) is 1.55. The summed E-state index contributed by atoms with van der Waals surface area (Å²) in [5.74, 6) is 0.324. The molecule has 2 aromatic rings. The molecule has 19 heavy (non-hydrogen) atoms. The van der Waals surface area contributed by atoms with Gasteiger partial charge in [-0.3, -0.25) is 4.79 Å². The number of nitrogens with one attached hydrogen (secondary N) is 1. The number of hydrogen-bond acceptors (Lipinski definition) is 4. The molecule has 1 heterocycles. The molecule has 0 saturated heterocycles. The molecular formula is C14H15N3O2. The van der Waals surface area contributed by atoms with Gasteiger partial charge in [-0.1, -0.05) is 6.07 Å². The molecular weight excluding hydrogens is 242 g/mol. The quantitative estimate of drug-likeness (QED) is 0.827. The number of ether oxygens (including phenoxy) is 1. The van der Waals surface area contributed by atoms with Crippen LogP contribution < -0.4 is 15.8 Å². The zero-order chi connectivity index (χ0) is 13.8. The van der Waals surface area contributed by atoms with E-state index in [1.165, 1.54) is 0 Å². The van der Waals surface area contributed by atoms with E-state index in [4.69, 9.17) is 10.5 Å². The van der Waals surface area contributed by atoms with E-state index in [9.17, 15) is 4.79 Å². The van der Waals surface area contributed by atoms with Gasteiger partial charge >= 0.3 is 0 Å². The Bertz CT molecular complexity index is 611. The zero-order valence-corrected chi connectivity index (χ0v) is 10.8. The molecule has 0 atom stereocenters. The third-order valence-electron chi connectivity index (χ3n) is 2.63. The van der Waals surface area contributed by atoms with Crippen LogP contribution in [0.25, 0.3) is 0 Å². The number of amides is 1. The number of nitrogen functional groups attached to an aromatic ring is 1. The van der Waals surface area contributed by atoms with Crippen LogP contribution in [0, 0.1) is 6.92 Å². The molecule has 5 heteroatoms. The normalized spacial score (nSPS) is 10.0. The van der Waals surface area contributed by atoms with Gasteiger partial charge in [0.15, 0.2) is 0 Å². The van der Waals surface area contributed by atoms with E-state index < -0.39 is 0 Å². The summed E-state index contributed by atoms with van der Waals surface area (Å²) < 4.78 is 5.09. The van der Waals surface area contributed by atoms with Crippen LogP contribution in [-0.4, -0.2) is 18.0 Å². The number of pyridine rings is 1. The summed E-state index contributed by atoms with van der Waals surface area (Å²) in [6.45, 7) is 1.83. The van der Waals surface area contributed by atoms with E-state index in [1.807, 2.05) is 13.0 Å². The smallest absolute Gasteiger partial charge is 0.274 e. The van der Waals surface area contributed by atoms with Crippen molar-refractivity contribution < 1.29 is 9.53 Å². The first kappa shape index (κ1) is 12.9. The van der Waals surface area contributed by atoms with Crippen molar-refractivity contribution in [2.24, 2.45) is 0 Å². The summed E-state index contributed by atoms with van der Waals surface area (Å²) in [5, 5.41) is 2.72. The molecule has 3 N–H and O–H groups in total. The van der Waals surface area contributed by atoms with Gasteiger partial charge in [0.25, 0.3) is 5.91 Å². The summed E-state index contributed by atoms with van der Waals surface area (Å²) in [6, 6.07) is 10.3. The summed E-state index contributed by atoms with van der Waals surface area (Å²) in [5.41, 5.74) is 7.92. The Morgan fingerprint density at radius 3 is 2.79 bits per heavy atom. The molecule has 0 spiro atoms. The van der Waals surface area contributed by atoms with Gasteiger partial charge in [-0.2, -0.15) is 0 Å². The maximum absolute atomic E-state index is 12.0. The van der Waals surface area contributed by atoms with Gasteiger partial charge in [-0.05, 0) is 31.2 Å². The number of anilines is 2. The summed E-state index contributed by atoms with van der Waals surface area (Å²) in [6.07, 6.45) is 0. The third kappa shape index (κ3) is 3.01. The standard InChI is InChI=1S/C14H15N3O2/c1-9-4-3-5-12(16-9)14(18)17-13-8-10(19-2)6-7-11(13)15/h3-8H,15H2,1-2H3,(H,17,18). The average molecular weight is 257 g/mol. The molecule has 0 aliphatic rings. The first-order valence-corrected chi connectivity index (χ1v) is 5.78. The molecule has 2 rings (SSSR count). The van der Waals surface area contributed by atoms with Crippen molar-refractivity contribution >= 4 is 17.3 Å². The molecule has 0 fully saturated rings. The van der Waals surface area contributed by atoms with E-state index in [2.05, 4.69) is 10.3 Å². The fourth-order valence-electron chi connectivity index (χ4n) is 1.63. The molecule has 0 aliphatic heterocycles. The lowest BCUT2D eigenvalue weighted by Gasteiger charge is -2.09. The van der Waals surface area contributed by atoms with Gasteiger partial charge in [0.05, 0.1) is 18.5 Å². The van der Waals surface area contributed by atoms with Gasteiger partial charge in [0.2, 0.25) is 0 Å². The second-order valence-electron chi connectivity index (χ2n) is 4.07. The van der Waals surface area contributed by atoms with E-state index in [0.717, 1.165) is 5.69 Å². The number of aromatic nitrogens is 1. The summed E-state index contributed by atoms with van der Waals surface area (Å²) in [4.78, 5) is 16.2. The van der Waals surface area contributed by atoms with Crippen molar-refractivity contribution in [3.05, 3.63) is 47.8 Å². The fraction of sp³-hybridized carbons (Fsp3) is 0.143. The Morgan fingerprint density at radius 1 is 1.32 bits per heavy atom. The second-order valence-corrected chi connectivity index (χ2v) is 4.07. The fourth-order valence-corrected chi connectivity index (χ4v) is 1.63. The van der Waals surface area contributed by atoms with Crippen molar-refractivity contribution in [2.75, 3.05) is 18.2 Å². The molecule has 1 amide bonds. The lowest BCUT2D eigenvalue weighted by Crippen LogP contribution is -2.15. The maximum Gasteiger partial charge on any atom is 0.274 e.